The molecule has 1 N–H and O–H groups in total. The van der Waals surface area contributed by atoms with E-state index in [0.29, 0.717) is 12.7 Å². The number of epoxide rings is 1. The van der Waals surface area contributed by atoms with Crippen LogP contribution in [0.2, 0.25) is 0 Å². The van der Waals surface area contributed by atoms with Crippen LogP contribution in [0.5, 0.6) is 0 Å². The number of carbonyl (C=O) groups is 2. The Morgan fingerprint density at radius 2 is 1.60 bits per heavy atom. The van der Waals surface area contributed by atoms with Crippen molar-refractivity contribution in [3.63, 3.8) is 0 Å². The van der Waals surface area contributed by atoms with Gasteiger partial charge in [-0.25, -0.2) is 4.79 Å². The summed E-state index contributed by atoms with van der Waals surface area (Å²) in [5, 5.41) is 44.1. The number of nitro benzene ring substituents is 3. The first-order valence-electron chi connectivity index (χ1n) is 8.32. The molecule has 0 amide bonds. The van der Waals surface area contributed by atoms with Crippen molar-refractivity contribution in [3.8, 4) is 11.1 Å². The number of hydrogen-bond acceptors (Lipinski definition) is 9. The number of rotatable bonds is 6. The number of ether oxygens (including phenoxy) is 1. The molecule has 2 aromatic rings. The zero-order valence-electron chi connectivity index (χ0n) is 14.7. The van der Waals surface area contributed by atoms with E-state index < -0.39 is 71.4 Å². The second-order valence-corrected chi connectivity index (χ2v) is 6.63. The van der Waals surface area contributed by atoms with Crippen molar-refractivity contribution < 1.29 is 34.2 Å². The van der Waals surface area contributed by atoms with E-state index in [-0.39, 0.29) is 18.1 Å². The van der Waals surface area contributed by atoms with Crippen LogP contribution in [-0.2, 0) is 11.2 Å². The molecule has 13 heteroatoms. The number of nitro groups is 3. The maximum Gasteiger partial charge on any atom is 0.336 e. The van der Waals surface area contributed by atoms with E-state index in [1.165, 1.54) is 0 Å². The average Bonchev–Trinajstić information content (AvgIpc) is 3.43. The highest BCUT2D eigenvalue weighted by Gasteiger charge is 2.44. The van der Waals surface area contributed by atoms with Crippen molar-refractivity contribution in [3.05, 3.63) is 70.8 Å². The quantitative estimate of drug-likeness (QED) is 0.354. The molecule has 1 fully saturated rings. The highest BCUT2D eigenvalue weighted by molar-refractivity contribution is 6.28. The first kappa shape index (κ1) is 19.1. The van der Waals surface area contributed by atoms with Crippen LogP contribution in [0.1, 0.15) is 31.8 Å². The summed E-state index contributed by atoms with van der Waals surface area (Å²) in [5.74, 6) is -2.62. The van der Waals surface area contributed by atoms with Gasteiger partial charge in [0.2, 0.25) is 0 Å². The minimum Gasteiger partial charge on any atom is -0.478 e. The minimum atomic E-state index is -1.56. The number of carbonyl (C=O) groups excluding carboxylic acids is 1. The van der Waals surface area contributed by atoms with Crippen LogP contribution < -0.4 is 0 Å². The summed E-state index contributed by atoms with van der Waals surface area (Å²) in [6.45, 7) is 0.315. The van der Waals surface area contributed by atoms with Crippen LogP contribution >= 0.6 is 0 Å². The van der Waals surface area contributed by atoms with Crippen LogP contribution in [-0.4, -0.2) is 44.3 Å². The Morgan fingerprint density at radius 3 is 2.10 bits per heavy atom. The largest absolute Gasteiger partial charge is 0.478 e. The van der Waals surface area contributed by atoms with Crippen molar-refractivity contribution >= 4 is 28.8 Å². The van der Waals surface area contributed by atoms with E-state index in [0.717, 1.165) is 12.1 Å². The number of non-ortho nitro benzene ring substituents is 1. The zero-order chi connectivity index (χ0) is 21.9. The molecule has 0 radical (unpaired) electrons. The Morgan fingerprint density at radius 1 is 1.00 bits per heavy atom. The molecule has 2 aliphatic rings. The first-order valence-corrected chi connectivity index (χ1v) is 8.32. The Bertz CT molecular complexity index is 1210. The van der Waals surface area contributed by atoms with Crippen LogP contribution in [0.4, 0.5) is 17.1 Å². The molecule has 152 valence electrons. The molecule has 0 bridgehead atoms. The zero-order valence-corrected chi connectivity index (χ0v) is 14.7. The van der Waals surface area contributed by atoms with E-state index in [4.69, 9.17) is 4.74 Å². The van der Waals surface area contributed by atoms with Gasteiger partial charge in [-0.05, 0) is 5.56 Å². The van der Waals surface area contributed by atoms with Gasteiger partial charge in [-0.3, -0.25) is 35.1 Å². The predicted molar refractivity (Wildman–Crippen MR) is 95.7 cm³/mol. The fraction of sp³-hybridized carbons (Fsp3) is 0.176. The number of fused-ring (bicyclic) bond motifs is 3. The molecule has 1 atom stereocenters. The van der Waals surface area contributed by atoms with Crippen LogP contribution in [0, 0.1) is 30.3 Å². The third-order valence-corrected chi connectivity index (χ3v) is 4.88. The Labute approximate surface area is 164 Å². The molecule has 1 aliphatic heterocycles. The summed E-state index contributed by atoms with van der Waals surface area (Å²) in [5.41, 5.74) is -5.10. The van der Waals surface area contributed by atoms with Gasteiger partial charge in [-0.1, -0.05) is 0 Å². The Balaban J connectivity index is 2.13. The number of ketones is 1. The van der Waals surface area contributed by atoms with Crippen molar-refractivity contribution in [1.29, 1.82) is 0 Å². The molecule has 1 unspecified atom stereocenters. The second-order valence-electron chi connectivity index (χ2n) is 6.63. The predicted octanol–water partition coefficient (Wildman–Crippen LogP) is 2.26. The van der Waals surface area contributed by atoms with Crippen molar-refractivity contribution in [2.24, 2.45) is 0 Å². The number of carboxylic acids is 1. The van der Waals surface area contributed by atoms with E-state index in [9.17, 15) is 45.0 Å². The van der Waals surface area contributed by atoms with E-state index in [2.05, 4.69) is 0 Å². The summed E-state index contributed by atoms with van der Waals surface area (Å²) >= 11 is 0. The Hall–Kier alpha value is -4.26. The standard InChI is InChI=1S/C17H9N3O10/c21-16-9-3-7(18(24)25)4-11(20(28)29)13(9)14-10(19(26)27)2-6(1-8-5-30-8)12(15(14)16)17(22)23/h2-4,8H,1,5H2,(H,22,23). The average molecular weight is 415 g/mol. The molecule has 13 nitrogen and oxygen atoms in total. The third-order valence-electron chi connectivity index (χ3n) is 4.88. The monoisotopic (exact) mass is 415 g/mol. The minimum absolute atomic E-state index is 0.0123. The molecule has 0 spiro atoms. The van der Waals surface area contributed by atoms with E-state index in [1.807, 2.05) is 0 Å². The number of nitrogens with zero attached hydrogens (tertiary/aromatic N) is 3. The van der Waals surface area contributed by atoms with E-state index in [1.54, 1.807) is 0 Å². The van der Waals surface area contributed by atoms with Gasteiger partial charge in [0.05, 0.1) is 55.8 Å². The summed E-state index contributed by atoms with van der Waals surface area (Å²) in [6, 6.07) is 2.29. The smallest absolute Gasteiger partial charge is 0.336 e. The lowest BCUT2D eigenvalue weighted by molar-refractivity contribution is -0.394. The molecule has 0 saturated carbocycles. The summed E-state index contributed by atoms with van der Waals surface area (Å²) in [7, 11) is 0. The number of aromatic carboxylic acids is 1. The van der Waals surface area contributed by atoms with Gasteiger partial charge >= 0.3 is 5.97 Å². The molecule has 30 heavy (non-hydrogen) atoms. The molecule has 1 aliphatic carbocycles. The lowest BCUT2D eigenvalue weighted by Crippen LogP contribution is -2.13. The van der Waals surface area contributed by atoms with Crippen LogP contribution in [0.25, 0.3) is 11.1 Å². The molecular weight excluding hydrogens is 406 g/mol. The number of benzene rings is 2. The topological polar surface area (TPSA) is 196 Å². The van der Waals surface area contributed by atoms with Gasteiger partial charge in [-0.15, -0.1) is 0 Å². The Kier molecular flexibility index (Phi) is 4.06. The van der Waals surface area contributed by atoms with Crippen molar-refractivity contribution in [2.45, 2.75) is 12.5 Å². The third kappa shape index (κ3) is 2.76. The van der Waals surface area contributed by atoms with Crippen LogP contribution in [0.3, 0.4) is 0 Å². The molecule has 1 saturated heterocycles. The fourth-order valence-electron chi connectivity index (χ4n) is 3.62. The summed E-state index contributed by atoms with van der Waals surface area (Å²) < 4.78 is 5.04. The highest BCUT2D eigenvalue weighted by atomic mass is 16.6. The SMILES string of the molecule is O=C(O)c1c(CC2CO2)cc([N+](=O)[O-])c2c1C(=O)c1cc([N+](=O)[O-])cc([N+](=O)[O-])c1-2. The first-order chi connectivity index (χ1) is 14.1. The highest BCUT2D eigenvalue weighted by Crippen LogP contribution is 2.50. The maximum absolute atomic E-state index is 13.0. The van der Waals surface area contributed by atoms with Crippen molar-refractivity contribution in [1.82, 2.24) is 0 Å². The summed E-state index contributed by atoms with van der Waals surface area (Å²) in [6.07, 6.45) is -0.378. The lowest BCUT2D eigenvalue weighted by Gasteiger charge is -2.11. The molecule has 0 aromatic heterocycles. The van der Waals surface area contributed by atoms with Crippen LogP contribution in [0.15, 0.2) is 18.2 Å². The lowest BCUT2D eigenvalue weighted by atomic mass is 9.91. The number of carboxylic acid groups (broad SMARTS) is 1. The van der Waals surface area contributed by atoms with Gasteiger partial charge in [0.25, 0.3) is 17.1 Å². The second kappa shape index (κ2) is 6.38. The molecule has 2 aromatic carbocycles. The molecule has 4 rings (SSSR count). The van der Waals surface area contributed by atoms with Gasteiger partial charge < -0.3 is 9.84 Å². The van der Waals surface area contributed by atoms with Gasteiger partial charge in [0.1, 0.15) is 0 Å². The van der Waals surface area contributed by atoms with Crippen molar-refractivity contribution in [2.75, 3.05) is 6.61 Å². The van der Waals surface area contributed by atoms with Gasteiger partial charge in [-0.2, -0.15) is 0 Å². The maximum atomic E-state index is 13.0. The normalized spacial score (nSPS) is 16.0. The van der Waals surface area contributed by atoms with Gasteiger partial charge in [0, 0.05) is 24.1 Å². The molecular formula is C17H9N3O10. The van der Waals surface area contributed by atoms with E-state index >= 15 is 0 Å². The fourth-order valence-corrected chi connectivity index (χ4v) is 3.62. The molecule has 1 heterocycles. The summed E-state index contributed by atoms with van der Waals surface area (Å²) in [4.78, 5) is 56.5. The van der Waals surface area contributed by atoms with Gasteiger partial charge in [0.15, 0.2) is 5.78 Å². The number of hydrogen-bond donors (Lipinski definition) is 1.